The van der Waals surface area contributed by atoms with Crippen LogP contribution in [0, 0.1) is 5.92 Å². The van der Waals surface area contributed by atoms with Crippen molar-refractivity contribution < 1.29 is 23.8 Å². The summed E-state index contributed by atoms with van der Waals surface area (Å²) in [6.45, 7) is 5.00. The van der Waals surface area contributed by atoms with Crippen LogP contribution in [-0.4, -0.2) is 31.9 Å². The van der Waals surface area contributed by atoms with Crippen molar-refractivity contribution in [3.63, 3.8) is 0 Å². The Hall–Kier alpha value is -3.42. The van der Waals surface area contributed by atoms with Crippen LogP contribution in [0.5, 0.6) is 11.5 Å². The molecule has 8 heteroatoms. The van der Waals surface area contributed by atoms with Crippen molar-refractivity contribution >= 4 is 23.4 Å². The van der Waals surface area contributed by atoms with Gasteiger partial charge in [-0.3, -0.25) is 10.1 Å². The van der Waals surface area contributed by atoms with Crippen LogP contribution >= 0.6 is 0 Å². The van der Waals surface area contributed by atoms with E-state index in [1.807, 2.05) is 38.1 Å². The molecule has 8 nitrogen and oxygen atoms in total. The van der Waals surface area contributed by atoms with Crippen molar-refractivity contribution in [2.75, 3.05) is 30.6 Å². The van der Waals surface area contributed by atoms with Crippen molar-refractivity contribution in [1.82, 2.24) is 5.32 Å². The molecule has 0 fully saturated rings. The second-order valence-electron chi connectivity index (χ2n) is 7.02. The number of amides is 2. The Morgan fingerprint density at radius 3 is 2.69 bits per heavy atom. The highest BCUT2D eigenvalue weighted by Gasteiger charge is 2.13. The minimum Gasteiger partial charge on any atom is -0.454 e. The highest BCUT2D eigenvalue weighted by molar-refractivity contribution is 5.86. The van der Waals surface area contributed by atoms with E-state index in [-0.39, 0.29) is 25.2 Å². The van der Waals surface area contributed by atoms with E-state index >= 15 is 0 Å². The second kappa shape index (κ2) is 9.68. The van der Waals surface area contributed by atoms with Gasteiger partial charge in [0.25, 0.3) is 0 Å². The lowest BCUT2D eigenvalue weighted by molar-refractivity contribution is -0.119. The van der Waals surface area contributed by atoms with E-state index in [4.69, 9.17) is 14.2 Å². The SMILES string of the molecule is CC(C)COC(=O)Nc1cccc(NCC(=O)NCc2ccc3c(c2)OCO3)c1. The van der Waals surface area contributed by atoms with Crippen LogP contribution in [0.4, 0.5) is 16.2 Å². The van der Waals surface area contributed by atoms with Crippen LogP contribution in [0.15, 0.2) is 42.5 Å². The first-order chi connectivity index (χ1) is 14.0. The first kappa shape index (κ1) is 20.3. The lowest BCUT2D eigenvalue weighted by atomic mass is 10.2. The lowest BCUT2D eigenvalue weighted by Crippen LogP contribution is -2.29. The van der Waals surface area contributed by atoms with E-state index in [9.17, 15) is 9.59 Å². The smallest absolute Gasteiger partial charge is 0.411 e. The van der Waals surface area contributed by atoms with Crippen LogP contribution < -0.4 is 25.4 Å². The Morgan fingerprint density at radius 1 is 1.07 bits per heavy atom. The molecular weight excluding hydrogens is 374 g/mol. The summed E-state index contributed by atoms with van der Waals surface area (Å²) in [7, 11) is 0. The number of ether oxygens (including phenoxy) is 3. The molecule has 0 bridgehead atoms. The average Bonchev–Trinajstić information content (AvgIpc) is 3.17. The van der Waals surface area contributed by atoms with E-state index in [1.54, 1.807) is 18.2 Å². The van der Waals surface area contributed by atoms with Gasteiger partial charge in [0.1, 0.15) is 0 Å². The fourth-order valence-corrected chi connectivity index (χ4v) is 2.60. The number of fused-ring (bicyclic) bond motifs is 1. The second-order valence-corrected chi connectivity index (χ2v) is 7.02. The van der Waals surface area contributed by atoms with E-state index in [0.29, 0.717) is 36.0 Å². The summed E-state index contributed by atoms with van der Waals surface area (Å²) in [5.74, 6) is 1.51. The molecule has 0 aliphatic carbocycles. The zero-order chi connectivity index (χ0) is 20.6. The van der Waals surface area contributed by atoms with Gasteiger partial charge >= 0.3 is 6.09 Å². The van der Waals surface area contributed by atoms with Gasteiger partial charge in [0.15, 0.2) is 11.5 Å². The monoisotopic (exact) mass is 399 g/mol. The molecule has 1 aliphatic rings. The molecule has 0 saturated carbocycles. The molecule has 0 radical (unpaired) electrons. The fourth-order valence-electron chi connectivity index (χ4n) is 2.60. The Bertz CT molecular complexity index is 869. The third kappa shape index (κ3) is 6.31. The number of nitrogens with one attached hydrogen (secondary N) is 3. The first-order valence-electron chi connectivity index (χ1n) is 9.42. The van der Waals surface area contributed by atoms with E-state index in [0.717, 1.165) is 5.56 Å². The molecule has 0 spiro atoms. The summed E-state index contributed by atoms with van der Waals surface area (Å²) >= 11 is 0. The minimum absolute atomic E-state index is 0.103. The van der Waals surface area contributed by atoms with Gasteiger partial charge in [-0.1, -0.05) is 26.0 Å². The lowest BCUT2D eigenvalue weighted by Gasteiger charge is -2.11. The predicted molar refractivity (Wildman–Crippen MR) is 109 cm³/mol. The number of carbonyl (C=O) groups is 2. The quantitative estimate of drug-likeness (QED) is 0.630. The number of rotatable bonds is 8. The molecule has 2 amide bonds. The largest absolute Gasteiger partial charge is 0.454 e. The molecule has 0 saturated heterocycles. The van der Waals surface area contributed by atoms with Crippen LogP contribution in [-0.2, 0) is 16.1 Å². The fraction of sp³-hybridized carbons (Fsp3) is 0.333. The van der Waals surface area contributed by atoms with Crippen LogP contribution in [0.25, 0.3) is 0 Å². The Kier molecular flexibility index (Phi) is 6.78. The maximum Gasteiger partial charge on any atom is 0.411 e. The van der Waals surface area contributed by atoms with Gasteiger partial charge in [0, 0.05) is 17.9 Å². The number of carbonyl (C=O) groups excluding carboxylic acids is 2. The van der Waals surface area contributed by atoms with E-state index in [2.05, 4.69) is 16.0 Å². The van der Waals surface area contributed by atoms with Crippen molar-refractivity contribution in [2.45, 2.75) is 20.4 Å². The number of benzene rings is 2. The standard InChI is InChI=1S/C21H25N3O5/c1-14(2)12-27-21(26)24-17-5-3-4-16(9-17)22-11-20(25)23-10-15-6-7-18-19(8-15)29-13-28-18/h3-9,14,22H,10-13H2,1-2H3,(H,23,25)(H,24,26). The Morgan fingerprint density at radius 2 is 1.86 bits per heavy atom. The molecule has 3 N–H and O–H groups in total. The Labute approximate surface area is 169 Å². The van der Waals surface area contributed by atoms with Crippen molar-refractivity contribution in [2.24, 2.45) is 5.92 Å². The van der Waals surface area contributed by atoms with Gasteiger partial charge in [-0.25, -0.2) is 4.79 Å². The predicted octanol–water partition coefficient (Wildman–Crippen LogP) is 3.35. The van der Waals surface area contributed by atoms with Gasteiger partial charge in [0.2, 0.25) is 12.7 Å². The normalized spacial score (nSPS) is 11.8. The third-order valence-electron chi connectivity index (χ3n) is 4.04. The summed E-state index contributed by atoms with van der Waals surface area (Å²) in [4.78, 5) is 23.9. The first-order valence-corrected chi connectivity index (χ1v) is 9.42. The molecule has 1 aliphatic heterocycles. The van der Waals surface area contributed by atoms with Crippen LogP contribution in [0.3, 0.4) is 0 Å². The van der Waals surface area contributed by atoms with Crippen LogP contribution in [0.2, 0.25) is 0 Å². The molecule has 0 aromatic heterocycles. The van der Waals surface area contributed by atoms with Crippen molar-refractivity contribution in [1.29, 1.82) is 0 Å². The topological polar surface area (TPSA) is 97.9 Å². The molecule has 2 aromatic rings. The number of anilines is 2. The maximum absolute atomic E-state index is 12.1. The molecule has 1 heterocycles. The van der Waals surface area contributed by atoms with Gasteiger partial charge in [-0.15, -0.1) is 0 Å². The Balaban J connectivity index is 1.43. The van der Waals surface area contributed by atoms with Crippen molar-refractivity contribution in [3.05, 3.63) is 48.0 Å². The molecule has 0 unspecified atom stereocenters. The summed E-state index contributed by atoms with van der Waals surface area (Å²) in [6.07, 6.45) is -0.502. The van der Waals surface area contributed by atoms with Crippen molar-refractivity contribution in [3.8, 4) is 11.5 Å². The highest BCUT2D eigenvalue weighted by atomic mass is 16.7. The summed E-state index contributed by atoms with van der Waals surface area (Å²) < 4.78 is 15.7. The van der Waals surface area contributed by atoms with Gasteiger partial charge < -0.3 is 24.8 Å². The zero-order valence-electron chi connectivity index (χ0n) is 16.5. The molecule has 29 heavy (non-hydrogen) atoms. The molecule has 0 atom stereocenters. The third-order valence-corrected chi connectivity index (χ3v) is 4.04. The highest BCUT2D eigenvalue weighted by Crippen LogP contribution is 2.32. The average molecular weight is 399 g/mol. The molecular formula is C21H25N3O5. The van der Waals surface area contributed by atoms with Gasteiger partial charge in [-0.2, -0.15) is 0 Å². The molecule has 154 valence electrons. The molecule has 2 aromatic carbocycles. The number of hydrogen-bond donors (Lipinski definition) is 3. The van der Waals surface area contributed by atoms with E-state index < -0.39 is 6.09 Å². The van der Waals surface area contributed by atoms with Gasteiger partial charge in [-0.05, 0) is 41.8 Å². The minimum atomic E-state index is -0.502. The maximum atomic E-state index is 12.1. The number of hydrogen-bond acceptors (Lipinski definition) is 6. The zero-order valence-corrected chi connectivity index (χ0v) is 16.5. The summed E-state index contributed by atoms with van der Waals surface area (Å²) in [6, 6.07) is 12.6. The summed E-state index contributed by atoms with van der Waals surface area (Å²) in [5.41, 5.74) is 2.23. The molecule has 3 rings (SSSR count). The van der Waals surface area contributed by atoms with E-state index in [1.165, 1.54) is 0 Å². The van der Waals surface area contributed by atoms with Crippen LogP contribution in [0.1, 0.15) is 19.4 Å². The summed E-state index contributed by atoms with van der Waals surface area (Å²) in [5, 5.41) is 8.55. The van der Waals surface area contributed by atoms with Gasteiger partial charge in [0.05, 0.1) is 13.2 Å².